The number of nitrogens with zero attached hydrogens (tertiary/aromatic N) is 4. The van der Waals surface area contributed by atoms with Gasteiger partial charge in [-0.2, -0.15) is 0 Å². The maximum absolute atomic E-state index is 13.2. The second-order valence-electron chi connectivity index (χ2n) is 8.71. The molecule has 0 radical (unpaired) electrons. The lowest BCUT2D eigenvalue weighted by atomic mass is 9.96. The number of hydrogen-bond donors (Lipinski definition) is 1. The Morgan fingerprint density at radius 1 is 1.28 bits per heavy atom. The highest BCUT2D eigenvalue weighted by molar-refractivity contribution is 6.09. The summed E-state index contributed by atoms with van der Waals surface area (Å²) in [6.45, 7) is 5.28. The fourth-order valence-electron chi connectivity index (χ4n) is 4.68. The Morgan fingerprint density at radius 2 is 2.03 bits per heavy atom. The molecule has 0 bridgehead atoms. The zero-order chi connectivity index (χ0) is 22.8. The molecule has 1 saturated heterocycles. The topological polar surface area (TPSA) is 70.8 Å². The van der Waals surface area contributed by atoms with Gasteiger partial charge in [-0.15, -0.1) is 0 Å². The number of hydrogen-bond acceptors (Lipinski definition) is 6. The number of aromatic nitrogens is 2. The smallest absolute Gasteiger partial charge is 0.340 e. The molecule has 2 aromatic heterocycles. The third-order valence-corrected chi connectivity index (χ3v) is 6.18. The van der Waals surface area contributed by atoms with Gasteiger partial charge in [-0.1, -0.05) is 6.07 Å². The van der Waals surface area contributed by atoms with Gasteiger partial charge in [0.25, 0.3) is 0 Å². The van der Waals surface area contributed by atoms with E-state index in [9.17, 15) is 9.90 Å². The van der Waals surface area contributed by atoms with Gasteiger partial charge in [0, 0.05) is 60.3 Å². The highest BCUT2D eigenvalue weighted by atomic mass is 16.5. The molecule has 1 aromatic carbocycles. The molecule has 1 N–H and O–H groups in total. The van der Waals surface area contributed by atoms with Crippen LogP contribution in [0.2, 0.25) is 0 Å². The van der Waals surface area contributed by atoms with Crippen LogP contribution in [0.3, 0.4) is 0 Å². The van der Waals surface area contributed by atoms with E-state index in [1.807, 2.05) is 51.2 Å². The summed E-state index contributed by atoms with van der Waals surface area (Å²) >= 11 is 0. The van der Waals surface area contributed by atoms with Crippen LogP contribution < -0.4 is 0 Å². The van der Waals surface area contributed by atoms with Crippen molar-refractivity contribution in [2.75, 3.05) is 33.8 Å². The lowest BCUT2D eigenvalue weighted by Gasteiger charge is -2.19. The molecule has 170 valence electrons. The number of esters is 1. The Hall–Kier alpha value is -2.90. The standard InChI is InChI=1S/C25H32N4O3/c1-5-32-25(31)23-21(16-27(2)3)28(4)20-13-18(17-9-8-10-26-14-17)24(30)19(22(20)23)15-29-11-6-7-12-29/h8-10,13-14,30H,5-7,11-12,15-16H2,1-4H3. The van der Waals surface area contributed by atoms with Gasteiger partial charge in [-0.25, -0.2) is 4.79 Å². The average Bonchev–Trinajstić information content (AvgIpc) is 3.37. The molecule has 4 rings (SSSR count). The fraction of sp³-hybridized carbons (Fsp3) is 0.440. The average molecular weight is 437 g/mol. The molecule has 1 fully saturated rings. The second-order valence-corrected chi connectivity index (χ2v) is 8.71. The quantitative estimate of drug-likeness (QED) is 0.569. The fourth-order valence-corrected chi connectivity index (χ4v) is 4.68. The molecule has 3 aromatic rings. The Labute approximate surface area is 189 Å². The number of aryl methyl sites for hydroxylation is 1. The van der Waals surface area contributed by atoms with Crippen LogP contribution in [-0.4, -0.2) is 64.2 Å². The van der Waals surface area contributed by atoms with Crippen LogP contribution in [0.1, 0.15) is 41.4 Å². The Balaban J connectivity index is 2.03. The molecule has 1 aliphatic rings. The second kappa shape index (κ2) is 9.30. The van der Waals surface area contributed by atoms with Crippen LogP contribution in [0.15, 0.2) is 30.6 Å². The molecule has 0 unspecified atom stereocenters. The molecule has 0 atom stereocenters. The van der Waals surface area contributed by atoms with Crippen LogP contribution in [0.4, 0.5) is 0 Å². The van der Waals surface area contributed by atoms with E-state index in [2.05, 4.69) is 14.5 Å². The first-order chi connectivity index (χ1) is 15.4. The van der Waals surface area contributed by atoms with Gasteiger partial charge >= 0.3 is 5.97 Å². The summed E-state index contributed by atoms with van der Waals surface area (Å²) in [5, 5.41) is 12.3. The van der Waals surface area contributed by atoms with Gasteiger partial charge in [-0.3, -0.25) is 9.88 Å². The van der Waals surface area contributed by atoms with Crippen molar-refractivity contribution < 1.29 is 14.6 Å². The van der Waals surface area contributed by atoms with Crippen molar-refractivity contribution in [1.29, 1.82) is 0 Å². The van der Waals surface area contributed by atoms with Crippen molar-refractivity contribution in [2.24, 2.45) is 7.05 Å². The summed E-state index contributed by atoms with van der Waals surface area (Å²) < 4.78 is 7.54. The number of fused-ring (bicyclic) bond motifs is 1. The summed E-state index contributed by atoms with van der Waals surface area (Å²) in [4.78, 5) is 21.8. The van der Waals surface area contributed by atoms with Crippen molar-refractivity contribution in [3.8, 4) is 16.9 Å². The van der Waals surface area contributed by atoms with Gasteiger partial charge in [0.1, 0.15) is 5.75 Å². The van der Waals surface area contributed by atoms with E-state index in [4.69, 9.17) is 4.74 Å². The van der Waals surface area contributed by atoms with Crippen molar-refractivity contribution in [1.82, 2.24) is 19.4 Å². The monoisotopic (exact) mass is 436 g/mol. The van der Waals surface area contributed by atoms with Crippen LogP contribution in [-0.2, 0) is 24.9 Å². The van der Waals surface area contributed by atoms with Crippen molar-refractivity contribution in [2.45, 2.75) is 32.9 Å². The SMILES string of the molecule is CCOC(=O)c1c(CN(C)C)n(C)c2cc(-c3cccnc3)c(O)c(CN3CCCC3)c12. The van der Waals surface area contributed by atoms with E-state index in [0.29, 0.717) is 25.3 Å². The number of carbonyl (C=O) groups excluding carboxylic acids is 1. The van der Waals surface area contributed by atoms with Crippen molar-refractivity contribution >= 4 is 16.9 Å². The Bertz CT molecular complexity index is 1120. The number of rotatable bonds is 7. The Morgan fingerprint density at radius 3 is 2.66 bits per heavy atom. The number of phenols is 1. The van der Waals surface area contributed by atoms with Crippen molar-refractivity contribution in [3.05, 3.63) is 47.4 Å². The van der Waals surface area contributed by atoms with Crippen LogP contribution in [0, 0.1) is 0 Å². The van der Waals surface area contributed by atoms with Gasteiger partial charge in [0.15, 0.2) is 0 Å². The predicted octanol–water partition coefficient (Wildman–Crippen LogP) is 3.78. The van der Waals surface area contributed by atoms with Gasteiger partial charge in [-0.05, 0) is 59.1 Å². The summed E-state index contributed by atoms with van der Waals surface area (Å²) in [5.41, 5.74) is 4.71. The minimum Gasteiger partial charge on any atom is -0.507 e. The minimum absolute atomic E-state index is 0.213. The molecule has 1 aliphatic heterocycles. The largest absolute Gasteiger partial charge is 0.507 e. The van der Waals surface area contributed by atoms with Crippen LogP contribution >= 0.6 is 0 Å². The van der Waals surface area contributed by atoms with E-state index in [1.165, 1.54) is 0 Å². The highest BCUT2D eigenvalue weighted by Gasteiger charge is 2.29. The molecule has 32 heavy (non-hydrogen) atoms. The number of likely N-dealkylation sites (tertiary alicyclic amines) is 1. The summed E-state index contributed by atoms with van der Waals surface area (Å²) in [6, 6.07) is 5.78. The lowest BCUT2D eigenvalue weighted by molar-refractivity contribution is 0.0526. The number of benzene rings is 1. The summed E-state index contributed by atoms with van der Waals surface area (Å²) in [7, 11) is 5.94. The van der Waals surface area contributed by atoms with Gasteiger partial charge in [0.05, 0.1) is 17.7 Å². The molecule has 3 heterocycles. The summed E-state index contributed by atoms with van der Waals surface area (Å²) in [5.74, 6) is -0.129. The number of aromatic hydroxyl groups is 1. The first-order valence-electron chi connectivity index (χ1n) is 11.2. The number of ether oxygens (including phenoxy) is 1. The highest BCUT2D eigenvalue weighted by Crippen LogP contribution is 2.42. The van der Waals surface area contributed by atoms with Crippen molar-refractivity contribution in [3.63, 3.8) is 0 Å². The number of phenolic OH excluding ortho intramolecular Hbond substituents is 1. The zero-order valence-electron chi connectivity index (χ0n) is 19.4. The Kier molecular flexibility index (Phi) is 6.48. The third-order valence-electron chi connectivity index (χ3n) is 6.18. The van der Waals surface area contributed by atoms with Gasteiger partial charge in [0.2, 0.25) is 0 Å². The van der Waals surface area contributed by atoms with Crippen LogP contribution in [0.5, 0.6) is 5.75 Å². The third kappa shape index (κ3) is 4.10. The first-order valence-corrected chi connectivity index (χ1v) is 11.2. The lowest BCUT2D eigenvalue weighted by Crippen LogP contribution is -2.19. The maximum Gasteiger partial charge on any atom is 0.340 e. The number of carbonyl (C=O) groups is 1. The molecule has 7 heteroatoms. The molecule has 0 amide bonds. The van der Waals surface area contributed by atoms with E-state index in [1.54, 1.807) is 12.4 Å². The molecule has 0 saturated carbocycles. The molecular formula is C25H32N4O3. The van der Waals surface area contributed by atoms with E-state index in [0.717, 1.165) is 59.2 Å². The van der Waals surface area contributed by atoms with Crippen LogP contribution in [0.25, 0.3) is 22.0 Å². The molecular weight excluding hydrogens is 404 g/mol. The van der Waals surface area contributed by atoms with E-state index < -0.39 is 0 Å². The number of pyridine rings is 1. The minimum atomic E-state index is -0.342. The van der Waals surface area contributed by atoms with E-state index >= 15 is 0 Å². The predicted molar refractivity (Wildman–Crippen MR) is 126 cm³/mol. The normalized spacial score (nSPS) is 14.5. The molecule has 0 spiro atoms. The zero-order valence-corrected chi connectivity index (χ0v) is 19.4. The van der Waals surface area contributed by atoms with E-state index in [-0.39, 0.29) is 11.7 Å². The summed E-state index contributed by atoms with van der Waals surface area (Å²) in [6.07, 6.45) is 5.78. The maximum atomic E-state index is 13.2. The molecule has 7 nitrogen and oxygen atoms in total. The molecule has 0 aliphatic carbocycles. The van der Waals surface area contributed by atoms with Gasteiger partial charge < -0.3 is 19.3 Å². The first kappa shape index (κ1) is 22.3.